The van der Waals surface area contributed by atoms with E-state index in [0.717, 1.165) is 10.9 Å². The molecule has 0 bridgehead atoms. The van der Waals surface area contributed by atoms with Crippen LogP contribution in [0.15, 0.2) is 54.7 Å². The number of rotatable bonds is 4. The minimum atomic E-state index is -4.76. The van der Waals surface area contributed by atoms with Crippen LogP contribution in [0.4, 0.5) is 18.9 Å². The number of methoxy groups -OCH3 is 1. The third-order valence-electron chi connectivity index (χ3n) is 3.95. The SMILES string of the molecule is COc1cccc(NC(=O)c2cnn(-c3ccccc3C)c2C(F)(F)F)c1. The monoisotopic (exact) mass is 375 g/mol. The third kappa shape index (κ3) is 3.79. The van der Waals surface area contributed by atoms with E-state index in [9.17, 15) is 18.0 Å². The van der Waals surface area contributed by atoms with Crippen molar-refractivity contribution in [2.75, 3.05) is 12.4 Å². The van der Waals surface area contributed by atoms with Crippen molar-refractivity contribution in [1.82, 2.24) is 9.78 Å². The Morgan fingerprint density at radius 2 is 1.89 bits per heavy atom. The van der Waals surface area contributed by atoms with Crippen LogP contribution in [-0.4, -0.2) is 22.8 Å². The van der Waals surface area contributed by atoms with Gasteiger partial charge in [0.15, 0.2) is 5.69 Å². The molecule has 0 saturated carbocycles. The van der Waals surface area contributed by atoms with Gasteiger partial charge in [0.1, 0.15) is 5.75 Å². The van der Waals surface area contributed by atoms with Crippen LogP contribution >= 0.6 is 0 Å². The topological polar surface area (TPSA) is 56.1 Å². The van der Waals surface area contributed by atoms with Gasteiger partial charge in [-0.2, -0.15) is 18.3 Å². The van der Waals surface area contributed by atoms with Gasteiger partial charge >= 0.3 is 6.18 Å². The fourth-order valence-corrected chi connectivity index (χ4v) is 2.67. The third-order valence-corrected chi connectivity index (χ3v) is 3.95. The van der Waals surface area contributed by atoms with Gasteiger partial charge in [-0.05, 0) is 30.7 Å². The van der Waals surface area contributed by atoms with Crippen molar-refractivity contribution in [2.24, 2.45) is 0 Å². The van der Waals surface area contributed by atoms with Crippen molar-refractivity contribution in [3.63, 3.8) is 0 Å². The van der Waals surface area contributed by atoms with Crippen molar-refractivity contribution in [3.05, 3.63) is 71.5 Å². The molecule has 0 fully saturated rings. The van der Waals surface area contributed by atoms with E-state index in [1.807, 2.05) is 0 Å². The fourth-order valence-electron chi connectivity index (χ4n) is 2.67. The van der Waals surface area contributed by atoms with E-state index in [1.54, 1.807) is 43.3 Å². The lowest BCUT2D eigenvalue weighted by Gasteiger charge is -2.14. The molecule has 27 heavy (non-hydrogen) atoms. The van der Waals surface area contributed by atoms with Crippen molar-refractivity contribution < 1.29 is 22.7 Å². The van der Waals surface area contributed by atoms with Crippen LogP contribution < -0.4 is 10.1 Å². The number of carbonyl (C=O) groups excluding carboxylic acids is 1. The number of anilines is 1. The first-order valence-corrected chi connectivity index (χ1v) is 7.98. The standard InChI is InChI=1S/C19H16F3N3O2/c1-12-6-3-4-9-16(12)25-17(19(20,21)22)15(11-23-25)18(26)24-13-7-5-8-14(10-13)27-2/h3-11H,1-2H3,(H,24,26). The average molecular weight is 375 g/mol. The Balaban J connectivity index is 2.03. The number of aromatic nitrogens is 2. The van der Waals surface area contributed by atoms with Crippen molar-refractivity contribution in [3.8, 4) is 11.4 Å². The molecule has 0 saturated heterocycles. The summed E-state index contributed by atoms with van der Waals surface area (Å²) in [5.41, 5.74) is -0.516. The van der Waals surface area contributed by atoms with Crippen molar-refractivity contribution in [2.45, 2.75) is 13.1 Å². The van der Waals surface area contributed by atoms with E-state index in [4.69, 9.17) is 4.74 Å². The summed E-state index contributed by atoms with van der Waals surface area (Å²) >= 11 is 0. The maximum Gasteiger partial charge on any atom is 0.434 e. The van der Waals surface area contributed by atoms with E-state index in [2.05, 4.69) is 10.4 Å². The normalized spacial score (nSPS) is 11.3. The molecule has 0 aliphatic heterocycles. The number of nitrogens with one attached hydrogen (secondary N) is 1. The summed E-state index contributed by atoms with van der Waals surface area (Å²) in [4.78, 5) is 12.5. The summed E-state index contributed by atoms with van der Waals surface area (Å²) in [6.45, 7) is 1.67. The summed E-state index contributed by atoms with van der Waals surface area (Å²) in [7, 11) is 1.45. The number of halogens is 3. The number of hydrogen-bond acceptors (Lipinski definition) is 3. The lowest BCUT2D eigenvalue weighted by Crippen LogP contribution is -2.21. The number of nitrogens with zero attached hydrogens (tertiary/aromatic N) is 2. The molecule has 0 aliphatic carbocycles. The van der Waals surface area contributed by atoms with Crippen LogP contribution in [-0.2, 0) is 6.18 Å². The molecule has 1 aromatic heterocycles. The van der Waals surface area contributed by atoms with Crippen molar-refractivity contribution >= 4 is 11.6 Å². The first kappa shape index (κ1) is 18.5. The van der Waals surface area contributed by atoms with Crippen molar-refractivity contribution in [1.29, 1.82) is 0 Å². The molecule has 140 valence electrons. The number of para-hydroxylation sites is 1. The quantitative estimate of drug-likeness (QED) is 0.733. The number of ether oxygens (including phenoxy) is 1. The van der Waals surface area contributed by atoms with Gasteiger partial charge in [-0.3, -0.25) is 4.79 Å². The van der Waals surface area contributed by atoms with E-state index >= 15 is 0 Å². The molecule has 0 aliphatic rings. The number of amides is 1. The molecule has 2 aromatic carbocycles. The van der Waals surface area contributed by atoms with E-state index in [-0.39, 0.29) is 5.69 Å². The Kier molecular flexibility index (Phi) is 4.89. The zero-order chi connectivity index (χ0) is 19.6. The second kappa shape index (κ2) is 7.14. The van der Waals surface area contributed by atoms with Gasteiger partial charge in [0.2, 0.25) is 0 Å². The Labute approximate surface area is 153 Å². The van der Waals surface area contributed by atoms with Gasteiger partial charge < -0.3 is 10.1 Å². The molecular weight excluding hydrogens is 359 g/mol. The zero-order valence-corrected chi connectivity index (χ0v) is 14.5. The first-order valence-electron chi connectivity index (χ1n) is 7.98. The summed E-state index contributed by atoms with van der Waals surface area (Å²) in [6.07, 6.45) is -3.84. The van der Waals surface area contributed by atoms with Gasteiger partial charge in [0, 0.05) is 11.8 Å². The number of aryl methyl sites for hydroxylation is 1. The van der Waals surface area contributed by atoms with Crippen LogP contribution in [0, 0.1) is 6.92 Å². The van der Waals surface area contributed by atoms with Crippen LogP contribution in [0.1, 0.15) is 21.6 Å². The summed E-state index contributed by atoms with van der Waals surface area (Å²) in [5, 5.41) is 6.27. The highest BCUT2D eigenvalue weighted by atomic mass is 19.4. The highest BCUT2D eigenvalue weighted by Crippen LogP contribution is 2.34. The zero-order valence-electron chi connectivity index (χ0n) is 14.5. The Hall–Kier alpha value is -3.29. The fraction of sp³-hybridized carbons (Fsp3) is 0.158. The minimum Gasteiger partial charge on any atom is -0.497 e. The number of alkyl halides is 3. The molecule has 0 unspecified atom stereocenters. The lowest BCUT2D eigenvalue weighted by atomic mass is 10.1. The molecule has 5 nitrogen and oxygen atoms in total. The highest BCUT2D eigenvalue weighted by Gasteiger charge is 2.40. The average Bonchev–Trinajstić information content (AvgIpc) is 3.07. The van der Waals surface area contributed by atoms with Gasteiger partial charge in [0.25, 0.3) is 5.91 Å². The molecule has 1 N–H and O–H groups in total. The maximum absolute atomic E-state index is 13.7. The largest absolute Gasteiger partial charge is 0.497 e. The van der Waals surface area contributed by atoms with Crippen LogP contribution in [0.2, 0.25) is 0 Å². The smallest absolute Gasteiger partial charge is 0.434 e. The van der Waals surface area contributed by atoms with E-state index < -0.39 is 23.3 Å². The van der Waals surface area contributed by atoms with Crippen LogP contribution in [0.25, 0.3) is 5.69 Å². The summed E-state index contributed by atoms with van der Waals surface area (Å²) in [6, 6.07) is 12.9. The molecule has 3 rings (SSSR count). The highest BCUT2D eigenvalue weighted by molar-refractivity contribution is 6.05. The summed E-state index contributed by atoms with van der Waals surface area (Å²) in [5.74, 6) is -0.435. The number of hydrogen-bond donors (Lipinski definition) is 1. The Morgan fingerprint density at radius 3 is 2.56 bits per heavy atom. The molecule has 3 aromatic rings. The Bertz CT molecular complexity index is 980. The molecule has 8 heteroatoms. The minimum absolute atomic E-state index is 0.255. The van der Waals surface area contributed by atoms with Gasteiger partial charge in [-0.1, -0.05) is 24.3 Å². The molecule has 0 radical (unpaired) electrons. The van der Waals surface area contributed by atoms with E-state index in [1.165, 1.54) is 19.2 Å². The van der Waals surface area contributed by atoms with Gasteiger partial charge in [-0.25, -0.2) is 4.68 Å². The van der Waals surface area contributed by atoms with Gasteiger partial charge in [-0.15, -0.1) is 0 Å². The van der Waals surface area contributed by atoms with E-state index in [0.29, 0.717) is 17.0 Å². The predicted molar refractivity (Wildman–Crippen MR) is 94.3 cm³/mol. The first-order chi connectivity index (χ1) is 12.8. The number of benzene rings is 2. The molecule has 0 spiro atoms. The van der Waals surface area contributed by atoms with Crippen LogP contribution in [0.3, 0.4) is 0 Å². The molecule has 1 heterocycles. The second-order valence-electron chi connectivity index (χ2n) is 5.79. The molecule has 1 amide bonds. The molecule has 0 atom stereocenters. The maximum atomic E-state index is 13.7. The second-order valence-corrected chi connectivity index (χ2v) is 5.79. The lowest BCUT2D eigenvalue weighted by molar-refractivity contribution is -0.143. The summed E-state index contributed by atoms with van der Waals surface area (Å²) < 4.78 is 46.9. The van der Waals surface area contributed by atoms with Crippen LogP contribution in [0.5, 0.6) is 5.75 Å². The molecular formula is C19H16F3N3O2. The Morgan fingerprint density at radius 1 is 1.15 bits per heavy atom. The number of carbonyl (C=O) groups is 1. The van der Waals surface area contributed by atoms with Gasteiger partial charge in [0.05, 0.1) is 24.6 Å². The predicted octanol–water partition coefficient (Wildman–Crippen LogP) is 4.46.